The van der Waals surface area contributed by atoms with Crippen LogP contribution in [-0.2, 0) is 13.6 Å². The van der Waals surface area contributed by atoms with E-state index in [4.69, 9.17) is 0 Å². The van der Waals surface area contributed by atoms with Crippen molar-refractivity contribution < 1.29 is 4.79 Å². The Hall–Kier alpha value is -4.00. The van der Waals surface area contributed by atoms with E-state index in [-0.39, 0.29) is 5.91 Å². The number of aromatic nitrogens is 5. The molecule has 1 amide bonds. The summed E-state index contributed by atoms with van der Waals surface area (Å²) in [5.74, 6) is 0.354. The minimum atomic E-state index is -0.117. The van der Waals surface area contributed by atoms with Gasteiger partial charge in [0, 0.05) is 38.1 Å². The lowest BCUT2D eigenvalue weighted by Crippen LogP contribution is -2.28. The zero-order valence-electron chi connectivity index (χ0n) is 16.7. The predicted octanol–water partition coefficient (Wildman–Crippen LogP) is 3.58. The molecule has 0 bridgehead atoms. The first-order chi connectivity index (χ1) is 14.6. The van der Waals surface area contributed by atoms with Crippen molar-refractivity contribution in [3.63, 3.8) is 0 Å². The van der Waals surface area contributed by atoms with Crippen molar-refractivity contribution in [2.45, 2.75) is 6.54 Å². The van der Waals surface area contributed by atoms with Gasteiger partial charge >= 0.3 is 0 Å². The Balaban J connectivity index is 1.70. The molecule has 4 aromatic heterocycles. The van der Waals surface area contributed by atoms with E-state index in [2.05, 4.69) is 31.7 Å². The topological polar surface area (TPSA) is 68.8 Å². The molecule has 0 saturated carbocycles. The van der Waals surface area contributed by atoms with Gasteiger partial charge in [0.1, 0.15) is 5.69 Å². The van der Waals surface area contributed by atoms with E-state index in [0.29, 0.717) is 18.2 Å². The van der Waals surface area contributed by atoms with E-state index in [0.717, 1.165) is 27.6 Å². The molecule has 0 aliphatic heterocycles. The number of pyridine rings is 1. The summed E-state index contributed by atoms with van der Waals surface area (Å²) in [5, 5.41) is 1.05. The van der Waals surface area contributed by atoms with Crippen LogP contribution in [0.1, 0.15) is 16.2 Å². The van der Waals surface area contributed by atoms with E-state index >= 15 is 0 Å². The van der Waals surface area contributed by atoms with Crippen molar-refractivity contribution >= 4 is 27.8 Å². The highest BCUT2D eigenvalue weighted by atomic mass is 16.2. The Morgan fingerprint density at radius 2 is 1.67 bits per heavy atom. The average molecular weight is 396 g/mol. The van der Waals surface area contributed by atoms with E-state index in [1.54, 1.807) is 36.6 Å². The summed E-state index contributed by atoms with van der Waals surface area (Å²) in [6.45, 7) is 0.414. The zero-order chi connectivity index (χ0) is 20.7. The van der Waals surface area contributed by atoms with Gasteiger partial charge in [0.25, 0.3) is 5.91 Å². The molecule has 148 valence electrons. The zero-order valence-corrected chi connectivity index (χ0v) is 16.7. The lowest BCUT2D eigenvalue weighted by Gasteiger charge is -2.18. The van der Waals surface area contributed by atoms with Gasteiger partial charge in [-0.3, -0.25) is 14.3 Å². The number of amides is 1. The summed E-state index contributed by atoms with van der Waals surface area (Å²) < 4.78 is 3.95. The first-order valence-electron chi connectivity index (χ1n) is 9.67. The van der Waals surface area contributed by atoms with E-state index < -0.39 is 0 Å². The molecule has 30 heavy (non-hydrogen) atoms. The van der Waals surface area contributed by atoms with Gasteiger partial charge in [-0.1, -0.05) is 24.3 Å². The molecule has 0 radical (unpaired) electrons. The number of carbonyl (C=O) groups excluding carboxylic acids is 1. The molecule has 0 saturated heterocycles. The second-order valence-electron chi connectivity index (χ2n) is 7.21. The molecule has 5 rings (SSSR count). The van der Waals surface area contributed by atoms with Crippen LogP contribution in [-0.4, -0.2) is 41.9 Å². The summed E-state index contributed by atoms with van der Waals surface area (Å²) >= 11 is 0. The summed E-state index contributed by atoms with van der Waals surface area (Å²) in [7, 11) is 3.79. The Morgan fingerprint density at radius 1 is 0.933 bits per heavy atom. The van der Waals surface area contributed by atoms with Crippen LogP contribution in [0.15, 0.2) is 73.2 Å². The monoisotopic (exact) mass is 396 g/mol. The Morgan fingerprint density at radius 3 is 2.43 bits per heavy atom. The van der Waals surface area contributed by atoms with Crippen molar-refractivity contribution in [2.24, 2.45) is 7.05 Å². The molecule has 0 atom stereocenters. The number of para-hydroxylation sites is 1. The highest BCUT2D eigenvalue weighted by Crippen LogP contribution is 2.32. The molecule has 5 aromatic rings. The number of aryl methyl sites for hydroxylation is 1. The maximum atomic E-state index is 13.5. The van der Waals surface area contributed by atoms with Gasteiger partial charge in [0.15, 0.2) is 0 Å². The fourth-order valence-electron chi connectivity index (χ4n) is 3.88. The van der Waals surface area contributed by atoms with Crippen LogP contribution >= 0.6 is 0 Å². The summed E-state index contributed by atoms with van der Waals surface area (Å²) in [6, 6.07) is 17.5. The van der Waals surface area contributed by atoms with Crippen LogP contribution in [0.4, 0.5) is 0 Å². The Labute approximate surface area is 173 Å². The van der Waals surface area contributed by atoms with Crippen molar-refractivity contribution in [2.75, 3.05) is 7.05 Å². The number of hydrogen-bond donors (Lipinski definition) is 0. The molecular weight excluding hydrogens is 376 g/mol. The van der Waals surface area contributed by atoms with Crippen LogP contribution in [0.25, 0.3) is 27.9 Å². The fourth-order valence-corrected chi connectivity index (χ4v) is 3.88. The molecular formula is C23H20N6O. The van der Waals surface area contributed by atoms with Gasteiger partial charge < -0.3 is 9.47 Å². The lowest BCUT2D eigenvalue weighted by atomic mass is 10.2. The average Bonchev–Trinajstić information content (AvgIpc) is 3.31. The van der Waals surface area contributed by atoms with Crippen molar-refractivity contribution in [1.82, 2.24) is 29.0 Å². The molecule has 0 spiro atoms. The summed E-state index contributed by atoms with van der Waals surface area (Å²) in [6.07, 6.45) is 5.10. The number of carbonyl (C=O) groups is 1. The van der Waals surface area contributed by atoms with Crippen LogP contribution < -0.4 is 0 Å². The van der Waals surface area contributed by atoms with E-state index in [1.807, 2.05) is 48.0 Å². The summed E-state index contributed by atoms with van der Waals surface area (Å²) in [4.78, 5) is 28.3. The smallest absolute Gasteiger partial charge is 0.271 e. The molecule has 0 fully saturated rings. The molecule has 7 heteroatoms. The molecule has 0 unspecified atom stereocenters. The maximum absolute atomic E-state index is 13.5. The highest BCUT2D eigenvalue weighted by Gasteiger charge is 2.25. The first kappa shape index (κ1) is 18.1. The third kappa shape index (κ3) is 2.83. The number of hydrogen-bond acceptors (Lipinski definition) is 4. The van der Waals surface area contributed by atoms with Crippen LogP contribution in [0.5, 0.6) is 0 Å². The van der Waals surface area contributed by atoms with Crippen LogP contribution in [0.3, 0.4) is 0 Å². The second-order valence-corrected chi connectivity index (χ2v) is 7.21. The van der Waals surface area contributed by atoms with Gasteiger partial charge in [0.2, 0.25) is 5.95 Å². The largest absolute Gasteiger partial charge is 0.342 e. The fraction of sp³-hybridized carbons (Fsp3) is 0.130. The van der Waals surface area contributed by atoms with Crippen LogP contribution in [0.2, 0.25) is 0 Å². The minimum Gasteiger partial charge on any atom is -0.342 e. The number of rotatable bonds is 4. The molecule has 0 aliphatic carbocycles. The standard InChI is InChI=1S/C23H20N6O/c1-27(15-16-8-5-6-11-24-16)22(30)20-14-19-21(29(20)23-25-12-7-13-26-23)17-9-3-4-10-18(17)28(19)2/h3-14H,15H2,1-2H3. The third-order valence-electron chi connectivity index (χ3n) is 5.31. The number of nitrogens with zero attached hydrogens (tertiary/aromatic N) is 6. The van der Waals surface area contributed by atoms with Crippen molar-refractivity contribution in [3.05, 3.63) is 84.6 Å². The summed E-state index contributed by atoms with van der Waals surface area (Å²) in [5.41, 5.74) is 4.32. The number of benzene rings is 1. The van der Waals surface area contributed by atoms with Crippen molar-refractivity contribution in [1.29, 1.82) is 0 Å². The SMILES string of the molecule is CN(Cc1ccccn1)C(=O)c1cc2c(c3ccccc3n2C)n1-c1ncccn1. The highest BCUT2D eigenvalue weighted by molar-refractivity contribution is 6.10. The van der Waals surface area contributed by atoms with Crippen LogP contribution in [0, 0.1) is 0 Å². The van der Waals surface area contributed by atoms with Crippen molar-refractivity contribution in [3.8, 4) is 5.95 Å². The minimum absolute atomic E-state index is 0.117. The molecule has 0 aliphatic rings. The number of fused-ring (bicyclic) bond motifs is 3. The molecule has 7 nitrogen and oxygen atoms in total. The van der Waals surface area contributed by atoms with Gasteiger partial charge in [-0.15, -0.1) is 0 Å². The molecule has 0 N–H and O–H groups in total. The third-order valence-corrected chi connectivity index (χ3v) is 5.31. The predicted molar refractivity (Wildman–Crippen MR) is 115 cm³/mol. The Bertz CT molecular complexity index is 1350. The first-order valence-corrected chi connectivity index (χ1v) is 9.67. The lowest BCUT2D eigenvalue weighted by molar-refractivity contribution is 0.0775. The molecule has 1 aromatic carbocycles. The normalized spacial score (nSPS) is 11.3. The van der Waals surface area contributed by atoms with E-state index in [9.17, 15) is 4.79 Å². The molecule has 4 heterocycles. The van der Waals surface area contributed by atoms with Gasteiger partial charge in [-0.05, 0) is 30.3 Å². The van der Waals surface area contributed by atoms with Gasteiger partial charge in [-0.25, -0.2) is 9.97 Å². The maximum Gasteiger partial charge on any atom is 0.271 e. The van der Waals surface area contributed by atoms with Gasteiger partial charge in [-0.2, -0.15) is 0 Å². The quantitative estimate of drug-likeness (QED) is 0.466. The second kappa shape index (κ2) is 7.11. The Kier molecular flexibility index (Phi) is 4.28. The van der Waals surface area contributed by atoms with E-state index in [1.165, 1.54) is 0 Å². The van der Waals surface area contributed by atoms with Gasteiger partial charge in [0.05, 0.1) is 28.8 Å².